The second-order valence-electron chi connectivity index (χ2n) is 6.55. The summed E-state index contributed by atoms with van der Waals surface area (Å²) in [6, 6.07) is 22.4. The van der Waals surface area contributed by atoms with Gasteiger partial charge in [0.1, 0.15) is 0 Å². The smallest absolute Gasteiger partial charge is 0.412 e. The van der Waals surface area contributed by atoms with E-state index in [1.165, 1.54) is 29.4 Å². The van der Waals surface area contributed by atoms with Gasteiger partial charge in [-0.25, -0.2) is 0 Å². The minimum atomic E-state index is -2.25. The molecule has 116 valence electrons. The Balaban J connectivity index is 0.00000144. The third-order valence-electron chi connectivity index (χ3n) is 5.19. The van der Waals surface area contributed by atoms with Gasteiger partial charge in [0.25, 0.3) is 0 Å². The summed E-state index contributed by atoms with van der Waals surface area (Å²) in [5.74, 6) is 1.47. The van der Waals surface area contributed by atoms with Crippen molar-refractivity contribution in [2.24, 2.45) is 11.8 Å². The van der Waals surface area contributed by atoms with Crippen molar-refractivity contribution >= 4 is 31.4 Å². The molecule has 0 amide bonds. The molecule has 1 aliphatic carbocycles. The molecule has 0 radical (unpaired) electrons. The van der Waals surface area contributed by atoms with Crippen LogP contribution in [0, 0.1) is 11.8 Å². The Morgan fingerprint density at radius 2 is 1.14 bits per heavy atom. The van der Waals surface area contributed by atoms with Crippen LogP contribution in [0.4, 0.5) is 0 Å². The van der Waals surface area contributed by atoms with Crippen molar-refractivity contribution in [2.75, 3.05) is 12.3 Å². The molecule has 2 aromatic carbocycles. The van der Waals surface area contributed by atoms with Gasteiger partial charge in [-0.3, -0.25) is 0 Å². The van der Waals surface area contributed by atoms with E-state index in [4.69, 9.17) is 0 Å². The third-order valence-corrected chi connectivity index (χ3v) is 14.8. The van der Waals surface area contributed by atoms with Crippen LogP contribution in [-0.4, -0.2) is 17.8 Å². The maximum absolute atomic E-state index is 4.43. The summed E-state index contributed by atoms with van der Waals surface area (Å²) in [4.78, 5) is 0. The van der Waals surface area contributed by atoms with E-state index in [0.29, 0.717) is 0 Å². The average Bonchev–Trinajstić information content (AvgIpc) is 2.89. The number of rotatable bonds is 2. The molecule has 2 atom stereocenters. The minimum Gasteiger partial charge on any atom is -0.412 e. The van der Waals surface area contributed by atoms with E-state index in [-0.39, 0.29) is 5.48 Å². The van der Waals surface area contributed by atoms with Crippen LogP contribution in [0.25, 0.3) is 0 Å². The Hall–Kier alpha value is -0.950. The van der Waals surface area contributed by atoms with Crippen molar-refractivity contribution in [1.29, 1.82) is 0 Å². The van der Waals surface area contributed by atoms with Gasteiger partial charge in [0, 0.05) is 0 Å². The minimum absolute atomic E-state index is 0. The molecule has 2 unspecified atom stereocenters. The first-order valence-electron chi connectivity index (χ1n) is 7.70. The van der Waals surface area contributed by atoms with Crippen LogP contribution >= 0.6 is 20.8 Å². The number of hydrogen-bond acceptors (Lipinski definition) is 0. The van der Waals surface area contributed by atoms with Gasteiger partial charge >= 0.3 is 135 Å². The standard InChI is InChI=1S/C19H20BrP.H2O/c20-21(18-7-3-1-4-8-18,19-9-5-2-6-10-19)14-16-11-12-17(13-16)15-21;/h1-12,16-17H,13-15H2;1H2. The van der Waals surface area contributed by atoms with Crippen molar-refractivity contribution in [3.63, 3.8) is 0 Å². The summed E-state index contributed by atoms with van der Waals surface area (Å²) in [5.41, 5.74) is 0. The molecule has 1 saturated heterocycles. The summed E-state index contributed by atoms with van der Waals surface area (Å²) >= 11 is 4.43. The largest absolute Gasteiger partial charge is 0.412 e. The van der Waals surface area contributed by atoms with Gasteiger partial charge in [-0.1, -0.05) is 0 Å². The van der Waals surface area contributed by atoms with Crippen LogP contribution in [0.15, 0.2) is 72.8 Å². The van der Waals surface area contributed by atoms with Gasteiger partial charge in [0.05, 0.1) is 0 Å². The Morgan fingerprint density at radius 1 is 0.727 bits per heavy atom. The van der Waals surface area contributed by atoms with Crippen LogP contribution in [0.1, 0.15) is 6.42 Å². The number of allylic oxidation sites excluding steroid dienone is 2. The molecule has 2 N–H and O–H groups in total. The molecule has 2 aromatic rings. The topological polar surface area (TPSA) is 31.5 Å². The second-order valence-corrected chi connectivity index (χ2v) is 16.2. The molecule has 0 spiro atoms. The Labute approximate surface area is 140 Å². The SMILES string of the molecule is BrP1(c2ccccc2)(c2ccccc2)CC2C=CC(C2)C1.O. The number of benzene rings is 2. The molecule has 2 aliphatic rings. The molecular weight excluding hydrogens is 355 g/mol. The summed E-state index contributed by atoms with van der Waals surface area (Å²) in [6.07, 6.45) is 8.82. The van der Waals surface area contributed by atoms with E-state index < -0.39 is 5.31 Å². The Kier molecular flexibility index (Phi) is 4.05. The summed E-state index contributed by atoms with van der Waals surface area (Å²) < 4.78 is 0. The average molecular weight is 377 g/mol. The van der Waals surface area contributed by atoms with E-state index in [2.05, 4.69) is 88.3 Å². The fraction of sp³-hybridized carbons (Fsp3) is 0.263. The van der Waals surface area contributed by atoms with Crippen LogP contribution in [0.3, 0.4) is 0 Å². The molecule has 4 rings (SSSR count). The normalized spacial score (nSPS) is 29.0. The molecule has 1 fully saturated rings. The summed E-state index contributed by atoms with van der Waals surface area (Å²) in [5, 5.41) is 0.796. The first-order valence-corrected chi connectivity index (χ1v) is 12.3. The Bertz CT molecular complexity index is 626. The molecule has 2 bridgehead atoms. The van der Waals surface area contributed by atoms with Crippen molar-refractivity contribution in [3.05, 3.63) is 72.8 Å². The summed E-state index contributed by atoms with van der Waals surface area (Å²) in [6.45, 7) is 0. The van der Waals surface area contributed by atoms with Gasteiger partial charge in [0.2, 0.25) is 0 Å². The molecule has 0 saturated carbocycles. The van der Waals surface area contributed by atoms with Gasteiger partial charge in [-0.05, 0) is 0 Å². The van der Waals surface area contributed by atoms with Crippen molar-refractivity contribution in [2.45, 2.75) is 6.42 Å². The quantitative estimate of drug-likeness (QED) is 0.562. The van der Waals surface area contributed by atoms with Crippen molar-refractivity contribution in [1.82, 2.24) is 0 Å². The third kappa shape index (κ3) is 2.29. The molecule has 1 heterocycles. The maximum Gasteiger partial charge on any atom is -0.412 e. The maximum atomic E-state index is 4.43. The van der Waals surface area contributed by atoms with E-state index >= 15 is 0 Å². The van der Waals surface area contributed by atoms with Gasteiger partial charge in [0.15, 0.2) is 0 Å². The fourth-order valence-electron chi connectivity index (χ4n) is 4.29. The zero-order valence-corrected chi connectivity index (χ0v) is 15.0. The van der Waals surface area contributed by atoms with Crippen LogP contribution in [0.2, 0.25) is 0 Å². The molecular formula is C19H22BrOP. The first-order chi connectivity index (χ1) is 10.2. The van der Waals surface area contributed by atoms with Crippen LogP contribution < -0.4 is 10.6 Å². The second kappa shape index (κ2) is 5.60. The number of fused-ring (bicyclic) bond motifs is 2. The van der Waals surface area contributed by atoms with Crippen molar-refractivity contribution < 1.29 is 5.48 Å². The number of halogens is 1. The monoisotopic (exact) mass is 376 g/mol. The number of hydrogen-bond donors (Lipinski definition) is 0. The summed E-state index contributed by atoms with van der Waals surface area (Å²) in [7, 11) is 0. The fourth-order valence-corrected chi connectivity index (χ4v) is 13.4. The van der Waals surface area contributed by atoms with Gasteiger partial charge in [-0.15, -0.1) is 0 Å². The first kappa shape index (κ1) is 15.9. The zero-order chi connectivity index (χ0) is 14.4. The van der Waals surface area contributed by atoms with E-state index in [0.717, 1.165) is 11.8 Å². The van der Waals surface area contributed by atoms with Crippen LogP contribution in [0.5, 0.6) is 0 Å². The van der Waals surface area contributed by atoms with Gasteiger partial charge < -0.3 is 5.48 Å². The molecule has 0 aromatic heterocycles. The predicted molar refractivity (Wildman–Crippen MR) is 102 cm³/mol. The molecule has 22 heavy (non-hydrogen) atoms. The van der Waals surface area contributed by atoms with E-state index in [1.807, 2.05) is 0 Å². The molecule has 3 heteroatoms. The van der Waals surface area contributed by atoms with Crippen molar-refractivity contribution in [3.8, 4) is 0 Å². The van der Waals surface area contributed by atoms with E-state index in [1.54, 1.807) is 0 Å². The van der Waals surface area contributed by atoms with Crippen LogP contribution in [-0.2, 0) is 0 Å². The van der Waals surface area contributed by atoms with Gasteiger partial charge in [-0.2, -0.15) is 0 Å². The molecule has 1 nitrogen and oxygen atoms in total. The molecule has 1 aliphatic heterocycles. The predicted octanol–water partition coefficient (Wildman–Crippen LogP) is 3.88. The zero-order valence-electron chi connectivity index (χ0n) is 12.5. The van der Waals surface area contributed by atoms with E-state index in [9.17, 15) is 0 Å². The Morgan fingerprint density at radius 3 is 1.55 bits per heavy atom.